The van der Waals surface area contributed by atoms with Crippen molar-refractivity contribution in [1.29, 1.82) is 0 Å². The van der Waals surface area contributed by atoms with Crippen molar-refractivity contribution >= 4 is 11.9 Å². The van der Waals surface area contributed by atoms with Crippen molar-refractivity contribution in [3.63, 3.8) is 0 Å². The zero-order chi connectivity index (χ0) is 18.2. The second kappa shape index (κ2) is 9.94. The third kappa shape index (κ3) is 6.13. The summed E-state index contributed by atoms with van der Waals surface area (Å²) in [5.74, 6) is 0.113. The van der Waals surface area contributed by atoms with Gasteiger partial charge in [0.1, 0.15) is 6.10 Å². The maximum Gasteiger partial charge on any atom is 0.315 e. The number of nitrogens with zero attached hydrogens (tertiary/aromatic N) is 2. The highest BCUT2D eigenvalue weighted by Crippen LogP contribution is 2.22. The molecule has 0 aromatic carbocycles. The normalized spacial score (nSPS) is 27.8. The third-order valence-electron chi connectivity index (χ3n) is 4.91. The van der Waals surface area contributed by atoms with E-state index in [1.54, 1.807) is 0 Å². The smallest absolute Gasteiger partial charge is 0.315 e. The lowest BCUT2D eigenvalue weighted by molar-refractivity contribution is -0.141. The molecule has 3 amide bonds. The molecule has 0 aliphatic carbocycles. The molecule has 0 aromatic heterocycles. The van der Waals surface area contributed by atoms with Crippen molar-refractivity contribution in [2.24, 2.45) is 0 Å². The van der Waals surface area contributed by atoms with Gasteiger partial charge in [0, 0.05) is 32.7 Å². The molecule has 0 unspecified atom stereocenters. The Morgan fingerprint density at radius 3 is 2.56 bits per heavy atom. The minimum Gasteiger partial charge on any atom is -0.394 e. The fourth-order valence-corrected chi connectivity index (χ4v) is 3.28. The highest BCUT2D eigenvalue weighted by molar-refractivity contribution is 5.77. The summed E-state index contributed by atoms with van der Waals surface area (Å²) in [6.07, 6.45) is 1.95. The lowest BCUT2D eigenvalue weighted by Crippen LogP contribution is -2.54. The van der Waals surface area contributed by atoms with Crippen LogP contribution in [0.15, 0.2) is 0 Å². The van der Waals surface area contributed by atoms with Crippen LogP contribution in [0.25, 0.3) is 0 Å². The molecule has 2 aliphatic heterocycles. The summed E-state index contributed by atoms with van der Waals surface area (Å²) in [7, 11) is 2.06. The van der Waals surface area contributed by atoms with Crippen LogP contribution in [-0.2, 0) is 9.53 Å². The number of ether oxygens (including phenoxy) is 1. The number of hydrogen-bond acceptors (Lipinski definition) is 5. The molecule has 8 heteroatoms. The number of hydrogen-bond donors (Lipinski definition) is 3. The van der Waals surface area contributed by atoms with Crippen molar-refractivity contribution in [3.8, 4) is 0 Å². The first kappa shape index (κ1) is 19.9. The molecule has 144 valence electrons. The number of amides is 3. The number of aliphatic hydroxyl groups excluding tert-OH is 1. The molecule has 0 radical (unpaired) electrons. The zero-order valence-corrected chi connectivity index (χ0v) is 15.4. The average molecular weight is 356 g/mol. The van der Waals surface area contributed by atoms with Crippen LogP contribution in [0.3, 0.4) is 0 Å². The molecule has 0 spiro atoms. The van der Waals surface area contributed by atoms with E-state index < -0.39 is 6.10 Å². The van der Waals surface area contributed by atoms with Crippen LogP contribution in [0.4, 0.5) is 4.79 Å². The van der Waals surface area contributed by atoms with Crippen LogP contribution in [-0.4, -0.2) is 91.5 Å². The maximum absolute atomic E-state index is 12.4. The van der Waals surface area contributed by atoms with Crippen LogP contribution in [0.5, 0.6) is 0 Å². The zero-order valence-electron chi connectivity index (χ0n) is 15.4. The first-order chi connectivity index (χ1) is 12.0. The maximum atomic E-state index is 12.4. The number of urea groups is 1. The molecule has 0 bridgehead atoms. The van der Waals surface area contributed by atoms with Crippen LogP contribution < -0.4 is 10.6 Å². The van der Waals surface area contributed by atoms with E-state index in [2.05, 4.69) is 22.6 Å². The minimum absolute atomic E-state index is 0.113. The van der Waals surface area contributed by atoms with E-state index in [1.807, 2.05) is 11.8 Å². The Bertz CT molecular complexity index is 440. The van der Waals surface area contributed by atoms with Gasteiger partial charge in [0.2, 0.25) is 5.91 Å². The van der Waals surface area contributed by atoms with Crippen molar-refractivity contribution < 1.29 is 19.4 Å². The topological polar surface area (TPSA) is 94.1 Å². The lowest BCUT2D eigenvalue weighted by atomic mass is 9.97. The summed E-state index contributed by atoms with van der Waals surface area (Å²) < 4.78 is 5.89. The minimum atomic E-state index is -0.466. The Morgan fingerprint density at radius 2 is 1.92 bits per heavy atom. The van der Waals surface area contributed by atoms with Gasteiger partial charge in [-0.25, -0.2) is 4.79 Å². The van der Waals surface area contributed by atoms with Crippen LogP contribution in [0, 0.1) is 0 Å². The van der Waals surface area contributed by atoms with Gasteiger partial charge < -0.3 is 30.3 Å². The standard InChI is InChI=1S/C17H32N4O4/c1-3-6-18-17(24)19-14-5-4-13(25-15(14)12-22)11-16(23)21-9-7-20(2)8-10-21/h13-15,22H,3-12H2,1-2H3,(H2,18,19,24)/t13-,14-,15-/m1/s1. The highest BCUT2D eigenvalue weighted by atomic mass is 16.5. The van der Waals surface area contributed by atoms with Gasteiger partial charge >= 0.3 is 6.03 Å². The van der Waals surface area contributed by atoms with Crippen molar-refractivity contribution in [3.05, 3.63) is 0 Å². The third-order valence-corrected chi connectivity index (χ3v) is 4.91. The number of piperazine rings is 1. The van der Waals surface area contributed by atoms with Gasteiger partial charge in [-0.1, -0.05) is 6.92 Å². The fourth-order valence-electron chi connectivity index (χ4n) is 3.28. The summed E-state index contributed by atoms with van der Waals surface area (Å²) in [5, 5.41) is 15.2. The second-order valence-corrected chi connectivity index (χ2v) is 6.95. The largest absolute Gasteiger partial charge is 0.394 e. The van der Waals surface area contributed by atoms with Gasteiger partial charge in [-0.15, -0.1) is 0 Å². The van der Waals surface area contributed by atoms with E-state index in [-0.39, 0.29) is 30.7 Å². The van der Waals surface area contributed by atoms with Gasteiger partial charge in [-0.3, -0.25) is 4.79 Å². The first-order valence-corrected chi connectivity index (χ1v) is 9.30. The summed E-state index contributed by atoms with van der Waals surface area (Å²) in [5.41, 5.74) is 0. The van der Waals surface area contributed by atoms with E-state index in [4.69, 9.17) is 4.74 Å². The van der Waals surface area contributed by atoms with Crippen LogP contribution >= 0.6 is 0 Å². The fraction of sp³-hybridized carbons (Fsp3) is 0.882. The Morgan fingerprint density at radius 1 is 1.20 bits per heavy atom. The van der Waals surface area contributed by atoms with Crippen LogP contribution in [0.1, 0.15) is 32.6 Å². The number of carbonyl (C=O) groups is 2. The van der Waals surface area contributed by atoms with Gasteiger partial charge in [-0.2, -0.15) is 0 Å². The van der Waals surface area contributed by atoms with E-state index >= 15 is 0 Å². The monoisotopic (exact) mass is 356 g/mol. The van der Waals surface area contributed by atoms with Gasteiger partial charge in [-0.05, 0) is 26.3 Å². The number of aliphatic hydroxyl groups is 1. The van der Waals surface area contributed by atoms with E-state index in [1.165, 1.54) is 0 Å². The average Bonchev–Trinajstić information content (AvgIpc) is 2.61. The second-order valence-electron chi connectivity index (χ2n) is 6.95. The molecular formula is C17H32N4O4. The highest BCUT2D eigenvalue weighted by Gasteiger charge is 2.33. The molecule has 2 heterocycles. The van der Waals surface area contributed by atoms with Crippen molar-refractivity contribution in [1.82, 2.24) is 20.4 Å². The first-order valence-electron chi connectivity index (χ1n) is 9.30. The summed E-state index contributed by atoms with van der Waals surface area (Å²) in [6.45, 7) is 5.75. The Hall–Kier alpha value is -1.38. The Labute approximate surface area is 149 Å². The van der Waals surface area contributed by atoms with E-state index in [0.717, 1.165) is 32.6 Å². The van der Waals surface area contributed by atoms with Gasteiger partial charge in [0.05, 0.1) is 25.2 Å². The molecule has 3 atom stereocenters. The number of rotatable bonds is 6. The molecular weight excluding hydrogens is 324 g/mol. The van der Waals surface area contributed by atoms with Crippen molar-refractivity contribution in [2.75, 3.05) is 46.4 Å². The quantitative estimate of drug-likeness (QED) is 0.611. The molecule has 3 N–H and O–H groups in total. The SMILES string of the molecule is CCCNC(=O)N[C@@H]1CC[C@H](CC(=O)N2CCN(C)CC2)O[C@@H]1CO. The Kier molecular flexibility index (Phi) is 7.92. The van der Waals surface area contributed by atoms with E-state index in [9.17, 15) is 14.7 Å². The molecule has 8 nitrogen and oxygen atoms in total. The molecule has 25 heavy (non-hydrogen) atoms. The predicted octanol–water partition coefficient (Wildman–Crippen LogP) is -0.232. The summed E-state index contributed by atoms with van der Waals surface area (Å²) in [4.78, 5) is 28.3. The molecule has 2 fully saturated rings. The molecule has 2 aliphatic rings. The molecule has 0 saturated carbocycles. The predicted molar refractivity (Wildman–Crippen MR) is 94.3 cm³/mol. The Balaban J connectivity index is 1.78. The summed E-state index contributed by atoms with van der Waals surface area (Å²) >= 11 is 0. The number of nitrogens with one attached hydrogen (secondary N) is 2. The van der Waals surface area contributed by atoms with Crippen molar-refractivity contribution in [2.45, 2.75) is 50.9 Å². The number of carbonyl (C=O) groups excluding carboxylic acids is 2. The molecule has 0 aromatic rings. The summed E-state index contributed by atoms with van der Waals surface area (Å²) in [6, 6.07) is -0.460. The van der Waals surface area contributed by atoms with Crippen LogP contribution in [0.2, 0.25) is 0 Å². The van der Waals surface area contributed by atoms with Gasteiger partial charge in [0.25, 0.3) is 0 Å². The number of likely N-dealkylation sites (N-methyl/N-ethyl adjacent to an activating group) is 1. The van der Waals surface area contributed by atoms with Gasteiger partial charge in [0.15, 0.2) is 0 Å². The molecule has 2 rings (SSSR count). The lowest BCUT2D eigenvalue weighted by Gasteiger charge is -2.37. The molecule has 2 saturated heterocycles. The van der Waals surface area contributed by atoms with E-state index in [0.29, 0.717) is 25.8 Å².